The van der Waals surface area contributed by atoms with Gasteiger partial charge < -0.3 is 32.1 Å². The molecule has 0 aliphatic carbocycles. The normalized spacial score (nSPS) is 15.4. The van der Waals surface area contributed by atoms with Crippen molar-refractivity contribution in [1.29, 1.82) is 0 Å². The van der Waals surface area contributed by atoms with Gasteiger partial charge in [-0.15, -0.1) is 0 Å². The van der Waals surface area contributed by atoms with Gasteiger partial charge in [-0.1, -0.05) is 32.0 Å². The fourth-order valence-electron chi connectivity index (χ4n) is 3.22. The largest absolute Gasteiger partial charge is 0.416 e. The van der Waals surface area contributed by atoms with Crippen LogP contribution in [0.5, 0.6) is 0 Å². The average Bonchev–Trinajstić information content (AvgIpc) is 2.76. The van der Waals surface area contributed by atoms with E-state index in [1.54, 1.807) is 20.9 Å². The van der Waals surface area contributed by atoms with Crippen LogP contribution in [-0.2, 0) is 27.1 Å². The quantitative estimate of drug-likeness (QED) is 0.227. The summed E-state index contributed by atoms with van der Waals surface area (Å²) in [7, 11) is 1.61. The van der Waals surface area contributed by atoms with Gasteiger partial charge in [-0.2, -0.15) is 13.2 Å². The van der Waals surface area contributed by atoms with E-state index in [2.05, 4.69) is 21.3 Å². The zero-order valence-electron chi connectivity index (χ0n) is 19.7. The maximum atomic E-state index is 13.2. The summed E-state index contributed by atoms with van der Waals surface area (Å²) in [6.07, 6.45) is -5.89. The Morgan fingerprint density at radius 1 is 1.03 bits per heavy atom. The standard InChI is InChI=1S/C22H34F3N5O4/c1-12(2)19(32)17(11-27-4)29-21(34)18(13(3)31)30-20(33)16(9-26)28-10-14-7-5-6-8-15(14)22(23,24)25/h5-8,12-13,16-18,27-28,31H,9-11,26H2,1-4H3,(H,29,34)(H,30,33)/t13-,16-,17-,18-/m0/s1. The van der Waals surface area contributed by atoms with Gasteiger partial charge in [-0.25, -0.2) is 0 Å². The van der Waals surface area contributed by atoms with Crippen LogP contribution >= 0.6 is 0 Å². The van der Waals surface area contributed by atoms with Crippen molar-refractivity contribution in [2.24, 2.45) is 11.7 Å². The Labute approximate surface area is 197 Å². The summed E-state index contributed by atoms with van der Waals surface area (Å²) >= 11 is 0. The van der Waals surface area contributed by atoms with E-state index in [4.69, 9.17) is 5.73 Å². The van der Waals surface area contributed by atoms with Crippen molar-refractivity contribution in [3.05, 3.63) is 35.4 Å². The lowest BCUT2D eigenvalue weighted by Crippen LogP contribution is -2.60. The highest BCUT2D eigenvalue weighted by Crippen LogP contribution is 2.31. The molecule has 0 aromatic heterocycles. The van der Waals surface area contributed by atoms with Gasteiger partial charge in [0.25, 0.3) is 0 Å². The molecule has 0 aliphatic rings. The minimum atomic E-state index is -4.56. The van der Waals surface area contributed by atoms with Crippen LogP contribution in [-0.4, -0.2) is 67.1 Å². The van der Waals surface area contributed by atoms with Crippen LogP contribution in [0.4, 0.5) is 13.2 Å². The Hall–Kier alpha value is -2.54. The number of aliphatic hydroxyl groups excluding tert-OH is 1. The number of nitrogens with two attached hydrogens (primary N) is 1. The number of ketones is 1. The fraction of sp³-hybridized carbons (Fsp3) is 0.591. The molecule has 0 aliphatic heterocycles. The highest BCUT2D eigenvalue weighted by molar-refractivity contribution is 5.94. The van der Waals surface area contributed by atoms with Gasteiger partial charge in [0.2, 0.25) is 11.8 Å². The third-order valence-corrected chi connectivity index (χ3v) is 5.11. The molecule has 0 spiro atoms. The first-order valence-electron chi connectivity index (χ1n) is 10.9. The molecule has 34 heavy (non-hydrogen) atoms. The van der Waals surface area contributed by atoms with E-state index in [0.29, 0.717) is 0 Å². The fourth-order valence-corrected chi connectivity index (χ4v) is 3.22. The van der Waals surface area contributed by atoms with Gasteiger partial charge in [0, 0.05) is 25.6 Å². The number of halogens is 3. The molecular formula is C22H34F3N5O4. The summed E-state index contributed by atoms with van der Waals surface area (Å²) in [5.74, 6) is -2.16. The maximum Gasteiger partial charge on any atom is 0.416 e. The first-order valence-corrected chi connectivity index (χ1v) is 10.9. The number of hydrogen-bond donors (Lipinski definition) is 6. The van der Waals surface area contributed by atoms with Crippen molar-refractivity contribution in [2.45, 2.75) is 57.7 Å². The third-order valence-electron chi connectivity index (χ3n) is 5.11. The van der Waals surface area contributed by atoms with E-state index >= 15 is 0 Å². The van der Waals surface area contributed by atoms with E-state index in [1.807, 2.05) is 0 Å². The summed E-state index contributed by atoms with van der Waals surface area (Å²) in [5.41, 5.74) is 4.70. The predicted octanol–water partition coefficient (Wildman–Crippen LogP) is -0.0828. The molecule has 0 fully saturated rings. The van der Waals surface area contributed by atoms with Gasteiger partial charge in [0.05, 0.1) is 17.7 Å². The summed E-state index contributed by atoms with van der Waals surface area (Å²) in [6.45, 7) is 4.21. The van der Waals surface area contributed by atoms with Gasteiger partial charge in [-0.3, -0.25) is 14.4 Å². The Morgan fingerprint density at radius 2 is 1.65 bits per heavy atom. The lowest BCUT2D eigenvalue weighted by atomic mass is 10.0. The molecule has 192 valence electrons. The summed E-state index contributed by atoms with van der Waals surface area (Å²) in [4.78, 5) is 37.8. The molecular weight excluding hydrogens is 455 g/mol. The number of rotatable bonds is 13. The van der Waals surface area contributed by atoms with Crippen LogP contribution in [0, 0.1) is 5.92 Å². The number of alkyl halides is 3. The lowest BCUT2D eigenvalue weighted by molar-refractivity contribution is -0.138. The minimum Gasteiger partial charge on any atom is -0.391 e. The van der Waals surface area contributed by atoms with Crippen molar-refractivity contribution in [1.82, 2.24) is 21.3 Å². The molecule has 0 unspecified atom stereocenters. The van der Waals surface area contributed by atoms with Crippen molar-refractivity contribution >= 4 is 17.6 Å². The van der Waals surface area contributed by atoms with E-state index in [0.717, 1.165) is 6.07 Å². The van der Waals surface area contributed by atoms with Crippen molar-refractivity contribution in [3.63, 3.8) is 0 Å². The van der Waals surface area contributed by atoms with Gasteiger partial charge in [0.15, 0.2) is 5.78 Å². The molecule has 7 N–H and O–H groups in total. The second kappa shape index (κ2) is 13.4. The van der Waals surface area contributed by atoms with Crippen LogP contribution in [0.15, 0.2) is 24.3 Å². The third kappa shape index (κ3) is 8.67. The second-order valence-corrected chi connectivity index (χ2v) is 8.23. The summed E-state index contributed by atoms with van der Waals surface area (Å²) in [5, 5.41) is 20.4. The number of aliphatic hydroxyl groups is 1. The topological polar surface area (TPSA) is 146 Å². The Bertz CT molecular complexity index is 833. The number of carbonyl (C=O) groups is 3. The maximum absolute atomic E-state index is 13.2. The van der Waals surface area contributed by atoms with E-state index in [9.17, 15) is 32.7 Å². The number of likely N-dealkylation sites (N-methyl/N-ethyl adjacent to an activating group) is 1. The Kier molecular flexibility index (Phi) is 11.6. The van der Waals surface area contributed by atoms with E-state index in [-0.39, 0.29) is 36.9 Å². The number of hydrogen-bond acceptors (Lipinski definition) is 7. The van der Waals surface area contributed by atoms with Gasteiger partial charge in [-0.05, 0) is 25.6 Å². The smallest absolute Gasteiger partial charge is 0.391 e. The Morgan fingerprint density at radius 3 is 2.15 bits per heavy atom. The van der Waals surface area contributed by atoms with Gasteiger partial charge in [0.1, 0.15) is 12.1 Å². The SMILES string of the molecule is CNC[C@H](NC(=O)[C@@H](NC(=O)[C@H](CN)NCc1ccccc1C(F)(F)F)[C@H](C)O)C(=O)C(C)C. The molecule has 0 heterocycles. The number of nitrogens with one attached hydrogen (secondary N) is 4. The molecule has 0 saturated heterocycles. The first-order chi connectivity index (χ1) is 15.8. The van der Waals surface area contributed by atoms with Crippen molar-refractivity contribution in [2.75, 3.05) is 20.1 Å². The van der Waals surface area contributed by atoms with Gasteiger partial charge >= 0.3 is 6.18 Å². The first kappa shape index (κ1) is 29.5. The molecule has 1 rings (SSSR count). The summed E-state index contributed by atoms with van der Waals surface area (Å²) in [6, 6.07) is 1.49. The summed E-state index contributed by atoms with van der Waals surface area (Å²) < 4.78 is 39.6. The number of carbonyl (C=O) groups excluding carboxylic acids is 3. The molecule has 0 saturated carbocycles. The number of amides is 2. The molecule has 2 amide bonds. The highest BCUT2D eigenvalue weighted by Gasteiger charge is 2.34. The second-order valence-electron chi connectivity index (χ2n) is 8.23. The van der Waals surface area contributed by atoms with E-state index in [1.165, 1.54) is 25.1 Å². The lowest BCUT2D eigenvalue weighted by Gasteiger charge is -2.27. The zero-order chi connectivity index (χ0) is 26.1. The van der Waals surface area contributed by atoms with E-state index < -0.39 is 47.8 Å². The molecule has 4 atom stereocenters. The molecule has 9 nitrogen and oxygen atoms in total. The molecule has 1 aromatic carbocycles. The predicted molar refractivity (Wildman–Crippen MR) is 120 cm³/mol. The Balaban J connectivity index is 2.91. The number of benzene rings is 1. The molecule has 0 radical (unpaired) electrons. The van der Waals surface area contributed by atoms with Crippen LogP contribution in [0.3, 0.4) is 0 Å². The monoisotopic (exact) mass is 489 g/mol. The highest BCUT2D eigenvalue weighted by atomic mass is 19.4. The number of Topliss-reactive ketones (excluding diaryl/α,β-unsaturated/α-hetero) is 1. The minimum absolute atomic E-state index is 0.0758. The average molecular weight is 490 g/mol. The van der Waals surface area contributed by atoms with Crippen LogP contribution in [0.1, 0.15) is 31.9 Å². The zero-order valence-corrected chi connectivity index (χ0v) is 19.7. The van der Waals surface area contributed by atoms with Crippen LogP contribution in [0.2, 0.25) is 0 Å². The van der Waals surface area contributed by atoms with Crippen molar-refractivity contribution in [3.8, 4) is 0 Å². The molecule has 1 aromatic rings. The van der Waals surface area contributed by atoms with Crippen molar-refractivity contribution < 1.29 is 32.7 Å². The van der Waals surface area contributed by atoms with Crippen LogP contribution < -0.4 is 27.0 Å². The van der Waals surface area contributed by atoms with Crippen LogP contribution in [0.25, 0.3) is 0 Å². The molecule has 12 heteroatoms. The molecule has 0 bridgehead atoms.